The van der Waals surface area contributed by atoms with Crippen molar-refractivity contribution in [3.63, 3.8) is 0 Å². The number of hydrogen-bond donors (Lipinski definition) is 1. The lowest BCUT2D eigenvalue weighted by Gasteiger charge is -2.33. The van der Waals surface area contributed by atoms with Crippen molar-refractivity contribution < 1.29 is 4.79 Å². The topological polar surface area (TPSA) is 94.8 Å². The SMILES string of the molecule is N#Cc1cccnc1N1CCC(CNC(=O)c2ccc3nsnc3c2)CC1. The molecule has 0 spiro atoms. The Morgan fingerprint density at radius 1 is 1.26 bits per heavy atom. The first-order valence-electron chi connectivity index (χ1n) is 8.85. The molecule has 2 aromatic heterocycles. The van der Waals surface area contributed by atoms with Crippen LogP contribution in [0.1, 0.15) is 28.8 Å². The van der Waals surface area contributed by atoms with Gasteiger partial charge in [-0.1, -0.05) is 0 Å². The van der Waals surface area contributed by atoms with E-state index in [-0.39, 0.29) is 5.91 Å². The van der Waals surface area contributed by atoms with Gasteiger partial charge in [0.25, 0.3) is 5.91 Å². The van der Waals surface area contributed by atoms with Crippen LogP contribution in [0.2, 0.25) is 0 Å². The van der Waals surface area contributed by atoms with E-state index in [1.807, 2.05) is 6.07 Å². The van der Waals surface area contributed by atoms with Crippen LogP contribution in [0.3, 0.4) is 0 Å². The molecule has 1 fully saturated rings. The van der Waals surface area contributed by atoms with Crippen LogP contribution in [0.4, 0.5) is 5.82 Å². The molecule has 1 aromatic carbocycles. The van der Waals surface area contributed by atoms with Crippen molar-refractivity contribution in [3.8, 4) is 6.07 Å². The number of pyridine rings is 1. The number of piperidine rings is 1. The summed E-state index contributed by atoms with van der Waals surface area (Å²) >= 11 is 1.15. The number of carbonyl (C=O) groups is 1. The molecule has 27 heavy (non-hydrogen) atoms. The molecule has 1 saturated heterocycles. The van der Waals surface area contributed by atoms with E-state index >= 15 is 0 Å². The van der Waals surface area contributed by atoms with Crippen molar-refractivity contribution in [2.24, 2.45) is 5.92 Å². The van der Waals surface area contributed by atoms with E-state index in [4.69, 9.17) is 0 Å². The highest BCUT2D eigenvalue weighted by molar-refractivity contribution is 7.00. The predicted octanol–water partition coefficient (Wildman–Crippen LogP) is 2.60. The molecular weight excluding hydrogens is 360 g/mol. The van der Waals surface area contributed by atoms with E-state index in [1.165, 1.54) is 0 Å². The Balaban J connectivity index is 1.31. The predicted molar refractivity (Wildman–Crippen MR) is 104 cm³/mol. The van der Waals surface area contributed by atoms with Gasteiger partial charge in [0.1, 0.15) is 22.9 Å². The lowest BCUT2D eigenvalue weighted by Crippen LogP contribution is -2.39. The zero-order valence-corrected chi connectivity index (χ0v) is 15.4. The second-order valence-corrected chi connectivity index (χ2v) is 7.12. The van der Waals surface area contributed by atoms with Crippen LogP contribution in [0.25, 0.3) is 11.0 Å². The second kappa shape index (κ2) is 7.68. The number of carbonyl (C=O) groups excluding carboxylic acids is 1. The van der Waals surface area contributed by atoms with Gasteiger partial charge in [0.05, 0.1) is 17.3 Å². The lowest BCUT2D eigenvalue weighted by molar-refractivity contribution is 0.0945. The molecule has 0 aliphatic carbocycles. The third-order valence-electron chi connectivity index (χ3n) is 4.89. The molecule has 3 aromatic rings. The third-order valence-corrected chi connectivity index (χ3v) is 5.45. The molecule has 0 saturated carbocycles. The Morgan fingerprint density at radius 3 is 2.89 bits per heavy atom. The monoisotopic (exact) mass is 378 g/mol. The minimum Gasteiger partial charge on any atom is -0.356 e. The largest absolute Gasteiger partial charge is 0.356 e. The van der Waals surface area contributed by atoms with E-state index in [0.717, 1.165) is 54.5 Å². The summed E-state index contributed by atoms with van der Waals surface area (Å²) in [6, 6.07) is 11.2. The van der Waals surface area contributed by atoms with Crippen molar-refractivity contribution in [2.75, 3.05) is 24.5 Å². The smallest absolute Gasteiger partial charge is 0.251 e. The number of anilines is 1. The third kappa shape index (κ3) is 3.73. The molecule has 1 aliphatic rings. The summed E-state index contributed by atoms with van der Waals surface area (Å²) in [5, 5.41) is 12.3. The van der Waals surface area contributed by atoms with E-state index in [9.17, 15) is 10.1 Å². The molecule has 1 N–H and O–H groups in total. The van der Waals surface area contributed by atoms with Crippen molar-refractivity contribution in [1.82, 2.24) is 19.0 Å². The number of hydrogen-bond acceptors (Lipinski definition) is 7. The first-order chi connectivity index (χ1) is 13.2. The normalized spacial score (nSPS) is 14.9. The Hall–Kier alpha value is -3.05. The standard InChI is InChI=1S/C19H18N6OS/c20-11-15-2-1-7-21-18(15)25-8-5-13(6-9-25)12-22-19(26)14-3-4-16-17(10-14)24-27-23-16/h1-4,7,10,13H,5-6,8-9,12H2,(H,22,26). The van der Waals surface area contributed by atoms with Gasteiger partial charge in [0.15, 0.2) is 0 Å². The van der Waals surface area contributed by atoms with Crippen LogP contribution in [0.5, 0.6) is 0 Å². The summed E-state index contributed by atoms with van der Waals surface area (Å²) in [6.07, 6.45) is 3.63. The molecule has 3 heterocycles. The summed E-state index contributed by atoms with van der Waals surface area (Å²) < 4.78 is 8.33. The molecular formula is C19H18N6OS. The molecule has 8 heteroatoms. The molecule has 0 radical (unpaired) electrons. The van der Waals surface area contributed by atoms with Gasteiger partial charge in [-0.05, 0) is 49.1 Å². The summed E-state index contributed by atoms with van der Waals surface area (Å²) in [4.78, 5) is 18.9. The highest BCUT2D eigenvalue weighted by Gasteiger charge is 2.22. The van der Waals surface area contributed by atoms with Crippen molar-refractivity contribution in [1.29, 1.82) is 5.26 Å². The van der Waals surface area contributed by atoms with Crippen molar-refractivity contribution in [3.05, 3.63) is 47.7 Å². The highest BCUT2D eigenvalue weighted by Crippen LogP contribution is 2.24. The number of nitrogens with zero attached hydrogens (tertiary/aromatic N) is 5. The molecule has 1 amide bonds. The van der Waals surface area contributed by atoms with Crippen LogP contribution in [-0.2, 0) is 0 Å². The average molecular weight is 378 g/mol. The number of aromatic nitrogens is 3. The summed E-state index contributed by atoms with van der Waals surface area (Å²) in [5.41, 5.74) is 2.79. The van der Waals surface area contributed by atoms with Crippen LogP contribution >= 0.6 is 11.7 Å². The highest BCUT2D eigenvalue weighted by atomic mass is 32.1. The minimum absolute atomic E-state index is 0.0798. The number of fused-ring (bicyclic) bond motifs is 1. The maximum absolute atomic E-state index is 12.4. The van der Waals surface area contributed by atoms with Crippen molar-refractivity contribution >= 4 is 34.5 Å². The fourth-order valence-corrected chi connectivity index (χ4v) is 3.86. The molecule has 0 unspecified atom stereocenters. The molecule has 136 valence electrons. The summed E-state index contributed by atoms with van der Waals surface area (Å²) in [6.45, 7) is 2.32. The first kappa shape index (κ1) is 17.4. The van der Waals surface area contributed by atoms with Gasteiger partial charge in [0, 0.05) is 31.4 Å². The number of nitrogens with one attached hydrogen (secondary N) is 1. The number of benzene rings is 1. The second-order valence-electron chi connectivity index (χ2n) is 6.59. The van der Waals surface area contributed by atoms with E-state index < -0.39 is 0 Å². The van der Waals surface area contributed by atoms with Crippen molar-refractivity contribution in [2.45, 2.75) is 12.8 Å². The van der Waals surface area contributed by atoms with E-state index in [0.29, 0.717) is 23.6 Å². The van der Waals surface area contributed by atoms with Gasteiger partial charge in [0.2, 0.25) is 0 Å². The van der Waals surface area contributed by atoms with Gasteiger partial charge in [-0.3, -0.25) is 4.79 Å². The van der Waals surface area contributed by atoms with Gasteiger partial charge < -0.3 is 10.2 Å². The minimum atomic E-state index is -0.0798. The number of rotatable bonds is 4. The Morgan fingerprint density at radius 2 is 2.07 bits per heavy atom. The van der Waals surface area contributed by atoms with E-state index in [2.05, 4.69) is 30.0 Å². The van der Waals surface area contributed by atoms with Gasteiger partial charge in [-0.25, -0.2) is 4.98 Å². The lowest BCUT2D eigenvalue weighted by atomic mass is 9.96. The summed E-state index contributed by atoms with van der Waals surface area (Å²) in [5.74, 6) is 1.10. The zero-order chi connectivity index (χ0) is 18.6. The Bertz CT molecular complexity index is 1000. The zero-order valence-electron chi connectivity index (χ0n) is 14.6. The fraction of sp³-hybridized carbons (Fsp3) is 0.316. The molecule has 1 aliphatic heterocycles. The first-order valence-corrected chi connectivity index (χ1v) is 9.58. The van der Waals surface area contributed by atoms with Crippen LogP contribution in [-0.4, -0.2) is 39.3 Å². The Kier molecular flexibility index (Phi) is 4.94. The number of amides is 1. The maximum atomic E-state index is 12.4. The average Bonchev–Trinajstić information content (AvgIpc) is 3.20. The molecule has 4 rings (SSSR count). The Labute approximate surface area is 161 Å². The van der Waals surface area contributed by atoms with Gasteiger partial charge >= 0.3 is 0 Å². The van der Waals surface area contributed by atoms with Crippen LogP contribution < -0.4 is 10.2 Å². The van der Waals surface area contributed by atoms with E-state index in [1.54, 1.807) is 30.5 Å². The summed E-state index contributed by atoms with van der Waals surface area (Å²) in [7, 11) is 0. The molecule has 0 bridgehead atoms. The maximum Gasteiger partial charge on any atom is 0.251 e. The number of nitriles is 1. The molecule has 0 atom stereocenters. The molecule has 7 nitrogen and oxygen atoms in total. The van der Waals surface area contributed by atoms with Gasteiger partial charge in [-0.15, -0.1) is 0 Å². The quantitative estimate of drug-likeness (QED) is 0.750. The fourth-order valence-electron chi connectivity index (χ4n) is 3.35. The van der Waals surface area contributed by atoms with Crippen LogP contribution in [0.15, 0.2) is 36.5 Å². The van der Waals surface area contributed by atoms with Crippen LogP contribution in [0, 0.1) is 17.2 Å². The van der Waals surface area contributed by atoms with Gasteiger partial charge in [-0.2, -0.15) is 14.0 Å².